The van der Waals surface area contributed by atoms with Gasteiger partial charge in [-0.05, 0) is 50.2 Å². The van der Waals surface area contributed by atoms with Crippen molar-refractivity contribution < 1.29 is 14.3 Å². The molecule has 3 heterocycles. The molecule has 1 spiro atoms. The Morgan fingerprint density at radius 3 is 2.96 bits per heavy atom. The monoisotopic (exact) mass is 330 g/mol. The number of carbonyl (C=O) groups is 1. The number of rotatable bonds is 5. The zero-order valence-corrected chi connectivity index (χ0v) is 14.2. The van der Waals surface area contributed by atoms with Crippen LogP contribution in [0.15, 0.2) is 24.5 Å². The van der Waals surface area contributed by atoms with Crippen molar-refractivity contribution in [2.45, 2.75) is 44.1 Å². The molecule has 1 saturated carbocycles. The number of hydrogen-bond acceptors (Lipinski definition) is 4. The fourth-order valence-corrected chi connectivity index (χ4v) is 4.09. The van der Waals surface area contributed by atoms with E-state index in [-0.39, 0.29) is 5.60 Å². The average molecular weight is 330 g/mol. The maximum atomic E-state index is 12.3. The van der Waals surface area contributed by atoms with Gasteiger partial charge in [-0.2, -0.15) is 0 Å². The van der Waals surface area contributed by atoms with Gasteiger partial charge in [-0.25, -0.2) is 0 Å². The van der Waals surface area contributed by atoms with Crippen LogP contribution >= 0.6 is 0 Å². The van der Waals surface area contributed by atoms with Gasteiger partial charge < -0.3 is 14.4 Å². The lowest BCUT2D eigenvalue weighted by Gasteiger charge is -2.54. The lowest BCUT2D eigenvalue weighted by Crippen LogP contribution is -2.67. The normalized spacial score (nSPS) is 25.8. The summed E-state index contributed by atoms with van der Waals surface area (Å²) >= 11 is 0. The molecule has 1 atom stereocenters. The predicted molar refractivity (Wildman–Crippen MR) is 89.7 cm³/mol. The van der Waals surface area contributed by atoms with Crippen LogP contribution in [0.5, 0.6) is 5.75 Å². The van der Waals surface area contributed by atoms with E-state index in [0.29, 0.717) is 17.7 Å². The van der Waals surface area contributed by atoms with Crippen molar-refractivity contribution in [2.24, 2.45) is 11.8 Å². The van der Waals surface area contributed by atoms with E-state index in [1.807, 2.05) is 17.0 Å². The van der Waals surface area contributed by atoms with Crippen LogP contribution in [0.3, 0.4) is 0 Å². The third-order valence-electron chi connectivity index (χ3n) is 5.75. The fraction of sp³-hybridized carbons (Fsp3) is 0.684. The Balaban J connectivity index is 1.22. The van der Waals surface area contributed by atoms with Crippen LogP contribution in [0.2, 0.25) is 0 Å². The molecule has 5 heteroatoms. The smallest absolute Gasteiger partial charge is 0.225 e. The van der Waals surface area contributed by atoms with Gasteiger partial charge in [0, 0.05) is 18.7 Å². The van der Waals surface area contributed by atoms with Crippen molar-refractivity contribution in [3.05, 3.63) is 24.5 Å². The Bertz CT molecular complexity index is 567. The van der Waals surface area contributed by atoms with Crippen LogP contribution in [0.4, 0.5) is 0 Å². The summed E-state index contributed by atoms with van der Waals surface area (Å²) in [4.78, 5) is 18.4. The van der Waals surface area contributed by atoms with E-state index >= 15 is 0 Å². The molecule has 24 heavy (non-hydrogen) atoms. The van der Waals surface area contributed by atoms with Crippen LogP contribution in [0.25, 0.3) is 0 Å². The molecule has 0 radical (unpaired) electrons. The third-order valence-corrected chi connectivity index (χ3v) is 5.75. The van der Waals surface area contributed by atoms with E-state index < -0.39 is 0 Å². The fourth-order valence-electron chi connectivity index (χ4n) is 4.09. The van der Waals surface area contributed by atoms with Crippen molar-refractivity contribution >= 4 is 5.91 Å². The van der Waals surface area contributed by atoms with E-state index in [1.165, 1.54) is 6.42 Å². The Kier molecular flexibility index (Phi) is 4.44. The number of hydrogen-bond donors (Lipinski definition) is 0. The van der Waals surface area contributed by atoms with Crippen molar-refractivity contribution in [1.29, 1.82) is 0 Å². The first kappa shape index (κ1) is 15.9. The van der Waals surface area contributed by atoms with Gasteiger partial charge in [-0.1, -0.05) is 6.42 Å². The van der Waals surface area contributed by atoms with Crippen molar-refractivity contribution in [3.63, 3.8) is 0 Å². The number of carbonyl (C=O) groups excluding carboxylic acids is 1. The molecule has 1 aromatic rings. The first-order chi connectivity index (χ1) is 11.7. The Morgan fingerprint density at radius 1 is 1.38 bits per heavy atom. The number of likely N-dealkylation sites (tertiary alicyclic amines) is 1. The quantitative estimate of drug-likeness (QED) is 0.833. The van der Waals surface area contributed by atoms with Gasteiger partial charge in [0.2, 0.25) is 5.91 Å². The summed E-state index contributed by atoms with van der Waals surface area (Å²) in [5.41, 5.74) is -0.0728. The second kappa shape index (κ2) is 6.71. The maximum absolute atomic E-state index is 12.3. The molecule has 1 aromatic heterocycles. The first-order valence-corrected chi connectivity index (χ1v) is 9.20. The average Bonchev–Trinajstić information content (AvgIpc) is 2.52. The van der Waals surface area contributed by atoms with E-state index in [4.69, 9.17) is 9.47 Å². The second-order valence-electron chi connectivity index (χ2n) is 7.54. The Labute approximate surface area is 143 Å². The maximum Gasteiger partial charge on any atom is 0.225 e. The molecule has 1 aliphatic carbocycles. The van der Waals surface area contributed by atoms with Crippen LogP contribution in [0.1, 0.15) is 38.5 Å². The summed E-state index contributed by atoms with van der Waals surface area (Å²) in [5.74, 6) is 2.11. The molecule has 0 N–H and O–H groups in total. The minimum absolute atomic E-state index is 0.0728. The Hall–Kier alpha value is -1.62. The zero-order valence-electron chi connectivity index (χ0n) is 14.2. The minimum atomic E-state index is -0.0728. The van der Waals surface area contributed by atoms with Crippen LogP contribution < -0.4 is 4.74 Å². The van der Waals surface area contributed by atoms with Gasteiger partial charge >= 0.3 is 0 Å². The molecule has 5 nitrogen and oxygen atoms in total. The number of ether oxygens (including phenoxy) is 2. The standard InChI is InChI=1S/C19H26N2O3/c22-18(16-3-1-4-16)21-13-19(14-21)11-15(7-10-24-19)6-9-23-17-5-2-8-20-12-17/h2,5,8,12,15-16H,1,3-4,6-7,9-11,13-14H2. The van der Waals surface area contributed by atoms with Crippen LogP contribution in [0, 0.1) is 11.8 Å². The second-order valence-corrected chi connectivity index (χ2v) is 7.54. The zero-order chi connectivity index (χ0) is 16.4. The summed E-state index contributed by atoms with van der Waals surface area (Å²) in [6, 6.07) is 3.83. The van der Waals surface area contributed by atoms with E-state index in [0.717, 1.165) is 64.2 Å². The molecule has 1 unspecified atom stereocenters. The molecule has 130 valence electrons. The number of pyridine rings is 1. The highest BCUT2D eigenvalue weighted by Crippen LogP contribution is 2.40. The van der Waals surface area contributed by atoms with Crippen LogP contribution in [-0.2, 0) is 9.53 Å². The highest BCUT2D eigenvalue weighted by atomic mass is 16.5. The molecular formula is C19H26N2O3. The number of aromatic nitrogens is 1. The molecule has 3 aliphatic rings. The Morgan fingerprint density at radius 2 is 2.25 bits per heavy atom. The summed E-state index contributed by atoms with van der Waals surface area (Å²) in [7, 11) is 0. The first-order valence-electron chi connectivity index (χ1n) is 9.20. The summed E-state index contributed by atoms with van der Waals surface area (Å²) in [6.07, 6.45) is 10.1. The lowest BCUT2D eigenvalue weighted by atomic mass is 9.77. The molecule has 0 aromatic carbocycles. The van der Waals surface area contributed by atoms with Gasteiger partial charge in [-0.3, -0.25) is 9.78 Å². The summed E-state index contributed by atoms with van der Waals surface area (Å²) < 4.78 is 11.8. The summed E-state index contributed by atoms with van der Waals surface area (Å²) in [5, 5.41) is 0. The number of nitrogens with zero attached hydrogens (tertiary/aromatic N) is 2. The topological polar surface area (TPSA) is 51.7 Å². The highest BCUT2D eigenvalue weighted by molar-refractivity contribution is 5.80. The van der Waals surface area contributed by atoms with Crippen LogP contribution in [-0.4, -0.2) is 47.7 Å². The SMILES string of the molecule is O=C(C1CCC1)N1CC2(CC(CCOc3cccnc3)CCO2)C1. The largest absolute Gasteiger partial charge is 0.492 e. The molecular weight excluding hydrogens is 304 g/mol. The van der Waals surface area contributed by atoms with Gasteiger partial charge in [-0.15, -0.1) is 0 Å². The molecule has 3 fully saturated rings. The van der Waals surface area contributed by atoms with Gasteiger partial charge in [0.25, 0.3) is 0 Å². The minimum Gasteiger partial charge on any atom is -0.492 e. The molecule has 2 aliphatic heterocycles. The molecule has 1 amide bonds. The number of amides is 1. The van der Waals surface area contributed by atoms with Crippen molar-refractivity contribution in [1.82, 2.24) is 9.88 Å². The van der Waals surface area contributed by atoms with E-state index in [9.17, 15) is 4.79 Å². The summed E-state index contributed by atoms with van der Waals surface area (Å²) in [6.45, 7) is 3.12. The van der Waals surface area contributed by atoms with E-state index in [2.05, 4.69) is 4.98 Å². The van der Waals surface area contributed by atoms with Crippen molar-refractivity contribution in [3.8, 4) is 5.75 Å². The molecule has 2 saturated heterocycles. The molecule has 4 rings (SSSR count). The predicted octanol–water partition coefficient (Wildman–Crippen LogP) is 2.66. The van der Waals surface area contributed by atoms with Gasteiger partial charge in [0.15, 0.2) is 0 Å². The third kappa shape index (κ3) is 3.27. The van der Waals surface area contributed by atoms with Gasteiger partial charge in [0.05, 0.1) is 25.9 Å². The lowest BCUT2D eigenvalue weighted by molar-refractivity contribution is -0.193. The van der Waals surface area contributed by atoms with Crippen molar-refractivity contribution in [2.75, 3.05) is 26.3 Å². The highest BCUT2D eigenvalue weighted by Gasteiger charge is 2.50. The molecule has 0 bridgehead atoms. The van der Waals surface area contributed by atoms with E-state index in [1.54, 1.807) is 12.4 Å². The van der Waals surface area contributed by atoms with Gasteiger partial charge in [0.1, 0.15) is 11.4 Å².